The molecule has 2 aliphatic heterocycles. The van der Waals surface area contributed by atoms with Crippen molar-refractivity contribution in [3.8, 4) is 5.75 Å². The molecule has 0 spiro atoms. The fourth-order valence-electron chi connectivity index (χ4n) is 2.99. The second-order valence-electron chi connectivity index (χ2n) is 5.73. The molecule has 0 saturated carbocycles. The minimum Gasteiger partial charge on any atom is -0.493 e. The van der Waals surface area contributed by atoms with Gasteiger partial charge in [0, 0.05) is 19.0 Å². The Hall–Kier alpha value is -1.07. The van der Waals surface area contributed by atoms with Gasteiger partial charge in [0.1, 0.15) is 5.75 Å². The van der Waals surface area contributed by atoms with Crippen LogP contribution in [0.3, 0.4) is 0 Å². The smallest absolute Gasteiger partial charge is 0.154 e. The second kappa shape index (κ2) is 5.37. The highest BCUT2D eigenvalue weighted by molar-refractivity contribution is 7.92. The van der Waals surface area contributed by atoms with E-state index in [4.69, 9.17) is 4.74 Å². The van der Waals surface area contributed by atoms with E-state index < -0.39 is 9.84 Å². The highest BCUT2D eigenvalue weighted by Crippen LogP contribution is 2.28. The first-order valence-electron chi connectivity index (χ1n) is 7.27. The van der Waals surface area contributed by atoms with Crippen molar-refractivity contribution in [2.75, 3.05) is 18.9 Å². The zero-order valence-corrected chi connectivity index (χ0v) is 12.6. The van der Waals surface area contributed by atoms with Gasteiger partial charge in [0.25, 0.3) is 0 Å². The Balaban J connectivity index is 1.63. The van der Waals surface area contributed by atoms with Crippen molar-refractivity contribution in [2.45, 2.75) is 37.5 Å². The molecule has 2 unspecified atom stereocenters. The number of hydrogen-bond acceptors (Lipinski definition) is 4. The van der Waals surface area contributed by atoms with E-state index in [9.17, 15) is 8.42 Å². The summed E-state index contributed by atoms with van der Waals surface area (Å²) >= 11 is 0. The topological polar surface area (TPSA) is 55.4 Å². The van der Waals surface area contributed by atoms with E-state index in [0.717, 1.165) is 31.6 Å². The lowest BCUT2D eigenvalue weighted by atomic mass is 10.0. The summed E-state index contributed by atoms with van der Waals surface area (Å²) in [6, 6.07) is 6.41. The quantitative estimate of drug-likeness (QED) is 0.921. The normalized spacial score (nSPS) is 25.1. The lowest BCUT2D eigenvalue weighted by molar-refractivity contribution is 0.356. The van der Waals surface area contributed by atoms with Crippen LogP contribution in [0.15, 0.2) is 18.2 Å². The average molecular weight is 295 g/mol. The number of benzene rings is 1. The molecule has 1 saturated heterocycles. The molecular weight excluding hydrogens is 274 g/mol. The van der Waals surface area contributed by atoms with E-state index in [1.807, 2.05) is 6.07 Å². The van der Waals surface area contributed by atoms with Gasteiger partial charge < -0.3 is 10.1 Å². The molecule has 0 aliphatic carbocycles. The molecule has 4 nitrogen and oxygen atoms in total. The van der Waals surface area contributed by atoms with Crippen LogP contribution in [0.4, 0.5) is 0 Å². The Morgan fingerprint density at radius 3 is 3.05 bits per heavy atom. The van der Waals surface area contributed by atoms with Crippen LogP contribution in [0.2, 0.25) is 0 Å². The number of ether oxygens (including phenoxy) is 1. The van der Waals surface area contributed by atoms with Gasteiger partial charge in [-0.3, -0.25) is 0 Å². The molecule has 0 aromatic heterocycles. The Bertz CT molecular complexity index is 597. The molecule has 2 aliphatic rings. The van der Waals surface area contributed by atoms with Crippen LogP contribution in [0, 0.1) is 0 Å². The van der Waals surface area contributed by atoms with Gasteiger partial charge in [-0.05, 0) is 37.0 Å². The van der Waals surface area contributed by atoms with Gasteiger partial charge in [-0.25, -0.2) is 8.42 Å². The summed E-state index contributed by atoms with van der Waals surface area (Å²) in [7, 11) is -2.86. The molecule has 0 radical (unpaired) electrons. The van der Waals surface area contributed by atoms with Gasteiger partial charge in [0.05, 0.1) is 17.6 Å². The van der Waals surface area contributed by atoms with Crippen LogP contribution < -0.4 is 10.1 Å². The molecule has 110 valence electrons. The molecule has 2 heterocycles. The first kappa shape index (κ1) is 13.9. The van der Waals surface area contributed by atoms with E-state index in [-0.39, 0.29) is 11.3 Å². The monoisotopic (exact) mass is 295 g/mol. The van der Waals surface area contributed by atoms with Crippen LogP contribution >= 0.6 is 0 Å². The van der Waals surface area contributed by atoms with Crippen molar-refractivity contribution in [1.29, 1.82) is 0 Å². The van der Waals surface area contributed by atoms with Crippen molar-refractivity contribution < 1.29 is 13.2 Å². The summed E-state index contributed by atoms with van der Waals surface area (Å²) in [5.41, 5.74) is 2.45. The summed E-state index contributed by atoms with van der Waals surface area (Å²) in [5.74, 6) is 1.34. The van der Waals surface area contributed by atoms with E-state index >= 15 is 0 Å². The Labute approximate surface area is 120 Å². The van der Waals surface area contributed by atoms with Crippen molar-refractivity contribution in [3.05, 3.63) is 29.3 Å². The maximum absolute atomic E-state index is 11.8. The van der Waals surface area contributed by atoms with E-state index in [2.05, 4.69) is 24.4 Å². The molecule has 1 fully saturated rings. The first-order chi connectivity index (χ1) is 9.56. The number of nitrogens with one attached hydrogen (secondary N) is 1. The van der Waals surface area contributed by atoms with Gasteiger partial charge >= 0.3 is 0 Å². The van der Waals surface area contributed by atoms with Crippen LogP contribution in [0.25, 0.3) is 0 Å². The SMILES string of the molecule is CC(NCC1CCCS1(=O)=O)c1ccc2c(c1)CCO2. The molecule has 1 aromatic rings. The predicted molar refractivity (Wildman–Crippen MR) is 78.9 cm³/mol. The number of rotatable bonds is 4. The van der Waals surface area contributed by atoms with E-state index in [0.29, 0.717) is 12.3 Å². The summed E-state index contributed by atoms with van der Waals surface area (Å²) in [5, 5.41) is 3.16. The van der Waals surface area contributed by atoms with Crippen molar-refractivity contribution >= 4 is 9.84 Å². The molecule has 0 amide bonds. The molecule has 20 heavy (non-hydrogen) atoms. The van der Waals surface area contributed by atoms with Crippen molar-refractivity contribution in [2.24, 2.45) is 0 Å². The third-order valence-corrected chi connectivity index (χ3v) is 6.60. The van der Waals surface area contributed by atoms with Crippen LogP contribution in [-0.4, -0.2) is 32.6 Å². The van der Waals surface area contributed by atoms with Gasteiger partial charge in [-0.1, -0.05) is 12.1 Å². The molecule has 0 bridgehead atoms. The summed E-state index contributed by atoms with van der Waals surface area (Å²) in [6.45, 7) is 3.40. The van der Waals surface area contributed by atoms with Crippen LogP contribution in [0.1, 0.15) is 36.9 Å². The molecule has 5 heteroatoms. The highest BCUT2D eigenvalue weighted by atomic mass is 32.2. The lowest BCUT2D eigenvalue weighted by Gasteiger charge is -2.18. The molecule has 2 atom stereocenters. The molecule has 3 rings (SSSR count). The minimum absolute atomic E-state index is 0.164. The Morgan fingerprint density at radius 1 is 1.45 bits per heavy atom. The van der Waals surface area contributed by atoms with Crippen molar-refractivity contribution in [1.82, 2.24) is 5.32 Å². The van der Waals surface area contributed by atoms with Crippen LogP contribution in [0.5, 0.6) is 5.75 Å². The van der Waals surface area contributed by atoms with E-state index in [1.165, 1.54) is 11.1 Å². The Morgan fingerprint density at radius 2 is 2.30 bits per heavy atom. The first-order valence-corrected chi connectivity index (χ1v) is 8.98. The number of fused-ring (bicyclic) bond motifs is 1. The minimum atomic E-state index is -2.86. The molecule has 1 N–H and O–H groups in total. The van der Waals surface area contributed by atoms with Gasteiger partial charge in [0.2, 0.25) is 0 Å². The Kier molecular flexibility index (Phi) is 3.73. The highest BCUT2D eigenvalue weighted by Gasteiger charge is 2.31. The van der Waals surface area contributed by atoms with Gasteiger partial charge in [-0.2, -0.15) is 0 Å². The third kappa shape index (κ3) is 2.69. The summed E-state index contributed by atoms with van der Waals surface area (Å²) < 4.78 is 29.1. The lowest BCUT2D eigenvalue weighted by Crippen LogP contribution is -2.32. The molecular formula is C15H21NO3S. The number of hydrogen-bond donors (Lipinski definition) is 1. The predicted octanol–water partition coefficient (Wildman–Crippen LogP) is 1.85. The molecule has 1 aromatic carbocycles. The maximum atomic E-state index is 11.8. The fraction of sp³-hybridized carbons (Fsp3) is 0.600. The average Bonchev–Trinajstić information content (AvgIpc) is 3.01. The zero-order chi connectivity index (χ0) is 14.2. The second-order valence-corrected chi connectivity index (χ2v) is 8.13. The third-order valence-electron chi connectivity index (χ3n) is 4.33. The van der Waals surface area contributed by atoms with Crippen LogP contribution in [-0.2, 0) is 16.3 Å². The van der Waals surface area contributed by atoms with Crippen molar-refractivity contribution in [3.63, 3.8) is 0 Å². The number of sulfone groups is 1. The summed E-state index contributed by atoms with van der Waals surface area (Å²) in [6.07, 6.45) is 2.56. The standard InChI is InChI=1S/C15H21NO3S/c1-11(16-10-14-3-2-8-20(14,17)18)12-4-5-15-13(9-12)6-7-19-15/h4-5,9,11,14,16H,2-3,6-8,10H2,1H3. The fourth-order valence-corrected chi connectivity index (χ4v) is 4.77. The van der Waals surface area contributed by atoms with Gasteiger partial charge in [0.15, 0.2) is 9.84 Å². The largest absolute Gasteiger partial charge is 0.493 e. The maximum Gasteiger partial charge on any atom is 0.154 e. The summed E-state index contributed by atoms with van der Waals surface area (Å²) in [4.78, 5) is 0. The van der Waals surface area contributed by atoms with Gasteiger partial charge in [-0.15, -0.1) is 0 Å². The van der Waals surface area contributed by atoms with E-state index in [1.54, 1.807) is 0 Å². The zero-order valence-electron chi connectivity index (χ0n) is 11.8.